The van der Waals surface area contributed by atoms with Gasteiger partial charge in [-0.05, 0) is 49.7 Å². The average Bonchev–Trinajstić information content (AvgIpc) is 3.05. The van der Waals surface area contributed by atoms with E-state index in [9.17, 15) is 28.3 Å². The van der Waals surface area contributed by atoms with Crippen LogP contribution >= 0.6 is 0 Å². The molecular weight excluding hydrogens is 422 g/mol. The average molecular weight is 444 g/mol. The predicted molar refractivity (Wildman–Crippen MR) is 113 cm³/mol. The van der Waals surface area contributed by atoms with E-state index in [1.807, 2.05) is 0 Å². The highest BCUT2D eigenvalue weighted by Crippen LogP contribution is 2.37. The number of fused-ring (bicyclic) bond motifs is 1. The minimum atomic E-state index is -1.08. The van der Waals surface area contributed by atoms with Crippen LogP contribution < -0.4 is 5.32 Å². The number of carboxylic acid groups (broad SMARTS) is 1. The van der Waals surface area contributed by atoms with Gasteiger partial charge in [-0.3, -0.25) is 19.0 Å². The summed E-state index contributed by atoms with van der Waals surface area (Å²) in [6.07, 6.45) is 0. The third-order valence-corrected chi connectivity index (χ3v) is 5.44. The van der Waals surface area contributed by atoms with Crippen molar-refractivity contribution < 1.29 is 33.4 Å². The summed E-state index contributed by atoms with van der Waals surface area (Å²) in [6.45, 7) is 4.31. The Kier molecular flexibility index (Phi) is 6.29. The Morgan fingerprint density at radius 2 is 1.81 bits per heavy atom. The van der Waals surface area contributed by atoms with E-state index in [-0.39, 0.29) is 34.3 Å². The number of phenols is 1. The monoisotopic (exact) mass is 444 g/mol. The molecule has 0 aliphatic carbocycles. The molecule has 168 valence electrons. The van der Waals surface area contributed by atoms with Crippen molar-refractivity contribution in [3.05, 3.63) is 64.9 Å². The number of aromatic hydroxyl groups is 1. The Bertz CT molecular complexity index is 1230. The zero-order valence-electron chi connectivity index (χ0n) is 17.6. The molecule has 3 rings (SSSR count). The van der Waals surface area contributed by atoms with Crippen LogP contribution in [-0.4, -0.2) is 39.1 Å². The number of hydrogen-bond donors (Lipinski definition) is 3. The largest absolute Gasteiger partial charge is 0.505 e. The van der Waals surface area contributed by atoms with Crippen molar-refractivity contribution in [3.63, 3.8) is 0 Å². The fourth-order valence-electron chi connectivity index (χ4n) is 3.65. The van der Waals surface area contributed by atoms with Crippen LogP contribution in [-0.2, 0) is 9.59 Å². The second kappa shape index (κ2) is 8.78. The van der Waals surface area contributed by atoms with Crippen molar-refractivity contribution in [2.75, 3.05) is 6.54 Å². The zero-order chi connectivity index (χ0) is 23.7. The number of carboxylic acids is 1. The summed E-state index contributed by atoms with van der Waals surface area (Å²) in [5.74, 6) is -6.35. The molecule has 0 radical (unpaired) electrons. The lowest BCUT2D eigenvalue weighted by Gasteiger charge is -2.15. The molecule has 0 saturated heterocycles. The van der Waals surface area contributed by atoms with Gasteiger partial charge in [0.05, 0.1) is 17.4 Å². The van der Waals surface area contributed by atoms with Crippen molar-refractivity contribution in [2.24, 2.45) is 5.92 Å². The molecule has 1 aromatic heterocycles. The molecule has 7 nitrogen and oxygen atoms in total. The molecule has 2 unspecified atom stereocenters. The lowest BCUT2D eigenvalue weighted by molar-refractivity contribution is -0.141. The number of carbonyl (C=O) groups is 3. The van der Waals surface area contributed by atoms with Crippen molar-refractivity contribution in [3.8, 4) is 5.75 Å². The summed E-state index contributed by atoms with van der Waals surface area (Å²) >= 11 is 0. The molecule has 3 aromatic rings. The first-order valence-electron chi connectivity index (χ1n) is 9.87. The van der Waals surface area contributed by atoms with E-state index in [1.54, 1.807) is 0 Å². The zero-order valence-corrected chi connectivity index (χ0v) is 17.6. The van der Waals surface area contributed by atoms with Gasteiger partial charge >= 0.3 is 5.97 Å². The van der Waals surface area contributed by atoms with Gasteiger partial charge in [0.2, 0.25) is 5.91 Å². The van der Waals surface area contributed by atoms with Crippen LogP contribution in [0.25, 0.3) is 10.9 Å². The van der Waals surface area contributed by atoms with Gasteiger partial charge in [-0.15, -0.1) is 0 Å². The Morgan fingerprint density at radius 3 is 2.44 bits per heavy atom. The number of halogens is 2. The molecule has 2 atom stereocenters. The number of benzene rings is 2. The van der Waals surface area contributed by atoms with Gasteiger partial charge in [0.25, 0.3) is 5.91 Å². The number of nitrogens with zero attached hydrogens (tertiary/aromatic N) is 1. The van der Waals surface area contributed by atoms with Crippen LogP contribution in [0.4, 0.5) is 8.78 Å². The van der Waals surface area contributed by atoms with E-state index < -0.39 is 47.0 Å². The SMILES string of the molecule is Cc1c(C(C)C(=O)NCC(C)C(=O)O)c2c(F)c(O)ccc2n1C(=O)c1cccc(F)c1. The minimum Gasteiger partial charge on any atom is -0.505 e. The highest BCUT2D eigenvalue weighted by atomic mass is 19.1. The lowest BCUT2D eigenvalue weighted by atomic mass is 9.96. The normalized spacial score (nSPS) is 13.0. The number of aromatic nitrogens is 1. The van der Waals surface area contributed by atoms with Crippen molar-refractivity contribution >= 4 is 28.7 Å². The molecule has 0 aliphatic rings. The van der Waals surface area contributed by atoms with Gasteiger partial charge in [0.15, 0.2) is 11.6 Å². The molecular formula is C23H22F2N2O5. The van der Waals surface area contributed by atoms with Crippen molar-refractivity contribution in [1.29, 1.82) is 0 Å². The van der Waals surface area contributed by atoms with Gasteiger partial charge in [-0.25, -0.2) is 8.78 Å². The summed E-state index contributed by atoms with van der Waals surface area (Å²) in [5, 5.41) is 21.3. The maximum atomic E-state index is 15.0. The molecule has 0 saturated carbocycles. The number of hydrogen-bond acceptors (Lipinski definition) is 4. The maximum absolute atomic E-state index is 15.0. The quantitative estimate of drug-likeness (QED) is 0.539. The van der Waals surface area contributed by atoms with Crippen molar-refractivity contribution in [2.45, 2.75) is 26.7 Å². The number of rotatable bonds is 6. The van der Waals surface area contributed by atoms with Crippen LogP contribution in [0.15, 0.2) is 36.4 Å². The minimum absolute atomic E-state index is 0.0254. The summed E-state index contributed by atoms with van der Waals surface area (Å²) in [6, 6.07) is 7.46. The van der Waals surface area contributed by atoms with Gasteiger partial charge in [0.1, 0.15) is 5.82 Å². The van der Waals surface area contributed by atoms with E-state index in [4.69, 9.17) is 5.11 Å². The Balaban J connectivity index is 2.13. The van der Waals surface area contributed by atoms with E-state index in [0.29, 0.717) is 0 Å². The Labute approximate surface area is 182 Å². The second-order valence-corrected chi connectivity index (χ2v) is 7.65. The molecule has 0 spiro atoms. The molecule has 3 N–H and O–H groups in total. The summed E-state index contributed by atoms with van der Waals surface area (Å²) in [4.78, 5) is 36.9. The molecule has 0 bridgehead atoms. The van der Waals surface area contributed by atoms with E-state index in [2.05, 4.69) is 5.32 Å². The second-order valence-electron chi connectivity index (χ2n) is 7.65. The summed E-state index contributed by atoms with van der Waals surface area (Å²) in [7, 11) is 0. The number of carbonyl (C=O) groups excluding carboxylic acids is 2. The third kappa shape index (κ3) is 4.05. The molecule has 0 aliphatic heterocycles. The van der Waals surface area contributed by atoms with Gasteiger partial charge < -0.3 is 15.5 Å². The first kappa shape index (κ1) is 22.9. The first-order valence-corrected chi connectivity index (χ1v) is 9.87. The fourth-order valence-corrected chi connectivity index (χ4v) is 3.65. The summed E-state index contributed by atoms with van der Waals surface area (Å²) in [5.41, 5.74) is 0.546. The number of phenolic OH excluding ortho intramolecular Hbond substituents is 1. The summed E-state index contributed by atoms with van der Waals surface area (Å²) < 4.78 is 29.8. The molecule has 2 aromatic carbocycles. The van der Waals surface area contributed by atoms with Gasteiger partial charge in [-0.1, -0.05) is 13.0 Å². The fraction of sp³-hybridized carbons (Fsp3) is 0.261. The Hall–Kier alpha value is -3.75. The van der Waals surface area contributed by atoms with Crippen LogP contribution in [0.3, 0.4) is 0 Å². The standard InChI is InChI=1S/C23H22F2N2O5/c1-11(23(31)32)10-26-21(29)12(2)18-13(3)27(16-7-8-17(28)20(25)19(16)18)22(30)14-5-4-6-15(24)9-14/h4-9,11-12,28H,10H2,1-3H3,(H,26,29)(H,31,32). The van der Waals surface area contributed by atoms with Gasteiger partial charge in [-0.2, -0.15) is 0 Å². The lowest BCUT2D eigenvalue weighted by Crippen LogP contribution is -2.34. The first-order chi connectivity index (χ1) is 15.0. The van der Waals surface area contributed by atoms with Crippen molar-refractivity contribution in [1.82, 2.24) is 9.88 Å². The van der Waals surface area contributed by atoms with E-state index >= 15 is 0 Å². The van der Waals surface area contributed by atoms with Gasteiger partial charge in [0, 0.05) is 23.2 Å². The van der Waals surface area contributed by atoms with Crippen LogP contribution in [0.2, 0.25) is 0 Å². The smallest absolute Gasteiger partial charge is 0.308 e. The highest BCUT2D eigenvalue weighted by Gasteiger charge is 2.29. The number of nitrogens with one attached hydrogen (secondary N) is 1. The van der Waals surface area contributed by atoms with E-state index in [1.165, 1.54) is 49.6 Å². The molecule has 1 amide bonds. The topological polar surface area (TPSA) is 109 Å². The van der Waals surface area contributed by atoms with Crippen LogP contribution in [0.1, 0.15) is 41.4 Å². The molecule has 1 heterocycles. The Morgan fingerprint density at radius 1 is 1.12 bits per heavy atom. The molecule has 32 heavy (non-hydrogen) atoms. The predicted octanol–water partition coefficient (Wildman–Crippen LogP) is 3.56. The molecule has 9 heteroatoms. The number of amides is 1. The highest BCUT2D eigenvalue weighted by molar-refractivity contribution is 6.05. The van der Waals surface area contributed by atoms with E-state index in [0.717, 1.165) is 12.1 Å². The van der Waals surface area contributed by atoms with Crippen LogP contribution in [0, 0.1) is 24.5 Å². The maximum Gasteiger partial charge on any atom is 0.308 e. The van der Waals surface area contributed by atoms with Crippen LogP contribution in [0.5, 0.6) is 5.75 Å². The number of aliphatic carboxylic acids is 1. The molecule has 0 fully saturated rings. The third-order valence-electron chi connectivity index (χ3n) is 5.44.